The van der Waals surface area contributed by atoms with Gasteiger partial charge in [-0.25, -0.2) is 4.98 Å². The normalized spacial score (nSPS) is 11.6. The molecule has 6 nitrogen and oxygen atoms in total. The Balaban J connectivity index is 3.01. The van der Waals surface area contributed by atoms with Crippen LogP contribution in [0.15, 0.2) is 12.3 Å². The van der Waals surface area contributed by atoms with Gasteiger partial charge in [0.2, 0.25) is 5.82 Å². The van der Waals surface area contributed by atoms with Crippen LogP contribution in [0.25, 0.3) is 0 Å². The number of anilines is 1. The first-order valence-electron chi connectivity index (χ1n) is 5.93. The summed E-state index contributed by atoms with van der Waals surface area (Å²) in [6.07, 6.45) is 4.13. The van der Waals surface area contributed by atoms with Gasteiger partial charge in [0.05, 0.1) is 10.5 Å². The van der Waals surface area contributed by atoms with E-state index in [1.54, 1.807) is 0 Å². The number of hydrogen-bond acceptors (Lipinski definition) is 5. The molecule has 1 atom stereocenters. The maximum Gasteiger partial charge on any atom is 0.312 e. The number of nitro groups is 1. The van der Waals surface area contributed by atoms with Gasteiger partial charge >= 0.3 is 5.69 Å². The first-order chi connectivity index (χ1) is 8.62. The highest BCUT2D eigenvalue weighted by molar-refractivity contribution is 5.58. The molecule has 0 aliphatic rings. The van der Waals surface area contributed by atoms with E-state index in [-0.39, 0.29) is 23.1 Å². The van der Waals surface area contributed by atoms with E-state index in [2.05, 4.69) is 17.2 Å². The van der Waals surface area contributed by atoms with Gasteiger partial charge in [-0.1, -0.05) is 20.3 Å². The molecule has 0 spiro atoms. The highest BCUT2D eigenvalue weighted by atomic mass is 16.6. The lowest BCUT2D eigenvalue weighted by molar-refractivity contribution is -0.384. The highest BCUT2D eigenvalue weighted by Crippen LogP contribution is 2.24. The van der Waals surface area contributed by atoms with Crippen LogP contribution in [0.4, 0.5) is 11.5 Å². The summed E-state index contributed by atoms with van der Waals surface area (Å²) in [5.74, 6) is 0.235. The third kappa shape index (κ3) is 3.42. The second-order valence-electron chi connectivity index (χ2n) is 4.00. The van der Waals surface area contributed by atoms with Crippen molar-refractivity contribution in [3.05, 3.63) is 27.9 Å². The van der Waals surface area contributed by atoms with Gasteiger partial charge < -0.3 is 5.32 Å². The average molecular weight is 248 g/mol. The molecule has 0 saturated heterocycles. The molecular formula is C12H16N4O2. The van der Waals surface area contributed by atoms with E-state index in [0.717, 1.165) is 19.3 Å². The zero-order valence-electron chi connectivity index (χ0n) is 10.5. The Morgan fingerprint density at radius 3 is 2.83 bits per heavy atom. The zero-order chi connectivity index (χ0) is 13.5. The number of pyridine rings is 1. The SMILES string of the molecule is CCCC(CC)Nc1ncc(C#N)cc1[N+](=O)[O-]. The fraction of sp³-hybridized carbons (Fsp3) is 0.500. The predicted octanol–water partition coefficient (Wildman–Crippen LogP) is 2.85. The summed E-state index contributed by atoms with van der Waals surface area (Å²) in [6.45, 7) is 4.08. The van der Waals surface area contributed by atoms with Crippen molar-refractivity contribution in [3.8, 4) is 6.07 Å². The third-order valence-corrected chi connectivity index (χ3v) is 2.66. The fourth-order valence-corrected chi connectivity index (χ4v) is 1.68. The molecule has 0 aromatic carbocycles. The Kier molecular flexibility index (Phi) is 5.06. The zero-order valence-corrected chi connectivity index (χ0v) is 10.5. The van der Waals surface area contributed by atoms with Crippen molar-refractivity contribution < 1.29 is 4.92 Å². The third-order valence-electron chi connectivity index (χ3n) is 2.66. The van der Waals surface area contributed by atoms with Gasteiger partial charge in [0.1, 0.15) is 6.07 Å². The molecular weight excluding hydrogens is 232 g/mol. The molecule has 0 radical (unpaired) electrons. The average Bonchev–Trinajstić information content (AvgIpc) is 2.38. The maximum atomic E-state index is 10.9. The predicted molar refractivity (Wildman–Crippen MR) is 68.2 cm³/mol. The van der Waals surface area contributed by atoms with Crippen molar-refractivity contribution in [3.63, 3.8) is 0 Å². The van der Waals surface area contributed by atoms with Crippen molar-refractivity contribution in [1.82, 2.24) is 4.98 Å². The minimum Gasteiger partial charge on any atom is -0.362 e. The largest absolute Gasteiger partial charge is 0.362 e. The van der Waals surface area contributed by atoms with Crippen molar-refractivity contribution in [2.45, 2.75) is 39.2 Å². The van der Waals surface area contributed by atoms with Crippen LogP contribution < -0.4 is 5.32 Å². The topological polar surface area (TPSA) is 91.8 Å². The lowest BCUT2D eigenvalue weighted by Gasteiger charge is -2.16. The summed E-state index contributed by atoms with van der Waals surface area (Å²) < 4.78 is 0. The molecule has 96 valence electrons. The lowest BCUT2D eigenvalue weighted by Crippen LogP contribution is -2.19. The molecule has 0 saturated carbocycles. The molecule has 1 unspecified atom stereocenters. The summed E-state index contributed by atoms with van der Waals surface area (Å²) in [7, 11) is 0. The van der Waals surface area contributed by atoms with Crippen LogP contribution in [0, 0.1) is 21.4 Å². The molecule has 1 N–H and O–H groups in total. The molecule has 6 heteroatoms. The standard InChI is InChI=1S/C12H16N4O2/c1-3-5-10(4-2)15-12-11(16(17)18)6-9(7-13)8-14-12/h6,8,10H,3-5H2,1-2H3,(H,14,15). The van der Waals surface area contributed by atoms with Gasteiger partial charge in [0.15, 0.2) is 0 Å². The Morgan fingerprint density at radius 2 is 2.33 bits per heavy atom. The summed E-state index contributed by atoms with van der Waals surface area (Å²) in [6, 6.07) is 3.25. The number of nitriles is 1. The molecule has 18 heavy (non-hydrogen) atoms. The van der Waals surface area contributed by atoms with Crippen molar-refractivity contribution in [1.29, 1.82) is 5.26 Å². The molecule has 1 aromatic heterocycles. The van der Waals surface area contributed by atoms with Crippen LogP contribution >= 0.6 is 0 Å². The number of nitrogens with one attached hydrogen (secondary N) is 1. The monoisotopic (exact) mass is 248 g/mol. The smallest absolute Gasteiger partial charge is 0.312 e. The van der Waals surface area contributed by atoms with Crippen LogP contribution in [0.5, 0.6) is 0 Å². The summed E-state index contributed by atoms with van der Waals surface area (Å²) in [5.41, 5.74) is 0.0411. The van der Waals surface area contributed by atoms with E-state index in [4.69, 9.17) is 5.26 Å². The second kappa shape index (κ2) is 6.55. The van der Waals surface area contributed by atoms with Crippen LogP contribution in [0.3, 0.4) is 0 Å². The number of aromatic nitrogens is 1. The van der Waals surface area contributed by atoms with Gasteiger partial charge in [-0.05, 0) is 12.8 Å². The number of nitrogens with zero attached hydrogens (tertiary/aromatic N) is 3. The first-order valence-corrected chi connectivity index (χ1v) is 5.93. The molecule has 1 heterocycles. The fourth-order valence-electron chi connectivity index (χ4n) is 1.68. The summed E-state index contributed by atoms with van der Waals surface area (Å²) in [5, 5.41) is 22.7. The molecule has 0 aliphatic heterocycles. The van der Waals surface area contributed by atoms with E-state index < -0.39 is 4.92 Å². The van der Waals surface area contributed by atoms with E-state index in [1.165, 1.54) is 12.3 Å². The van der Waals surface area contributed by atoms with Gasteiger partial charge in [0.25, 0.3) is 0 Å². The van der Waals surface area contributed by atoms with Crippen LogP contribution in [-0.2, 0) is 0 Å². The molecule has 1 rings (SSSR count). The first kappa shape index (κ1) is 13.9. The molecule has 0 amide bonds. The molecule has 0 bridgehead atoms. The van der Waals surface area contributed by atoms with Crippen LogP contribution in [0.2, 0.25) is 0 Å². The Bertz CT molecular complexity index is 468. The van der Waals surface area contributed by atoms with Gasteiger partial charge in [-0.3, -0.25) is 10.1 Å². The van der Waals surface area contributed by atoms with E-state index in [9.17, 15) is 10.1 Å². The Hall–Kier alpha value is -2.16. The molecule has 0 fully saturated rings. The van der Waals surface area contributed by atoms with Crippen LogP contribution in [-0.4, -0.2) is 15.9 Å². The highest BCUT2D eigenvalue weighted by Gasteiger charge is 2.18. The van der Waals surface area contributed by atoms with Gasteiger partial charge in [-0.2, -0.15) is 5.26 Å². The van der Waals surface area contributed by atoms with Crippen LogP contribution in [0.1, 0.15) is 38.7 Å². The second-order valence-corrected chi connectivity index (χ2v) is 4.00. The minimum absolute atomic E-state index is 0.149. The Labute approximate surface area is 106 Å². The van der Waals surface area contributed by atoms with Gasteiger partial charge in [-0.15, -0.1) is 0 Å². The van der Waals surface area contributed by atoms with E-state index in [1.807, 2.05) is 13.0 Å². The summed E-state index contributed by atoms with van der Waals surface area (Å²) >= 11 is 0. The summed E-state index contributed by atoms with van der Waals surface area (Å²) in [4.78, 5) is 14.4. The Morgan fingerprint density at radius 1 is 1.61 bits per heavy atom. The quantitative estimate of drug-likeness (QED) is 0.617. The maximum absolute atomic E-state index is 10.9. The van der Waals surface area contributed by atoms with Crippen molar-refractivity contribution in [2.24, 2.45) is 0 Å². The minimum atomic E-state index is -0.519. The number of rotatable bonds is 6. The van der Waals surface area contributed by atoms with Crippen molar-refractivity contribution >= 4 is 11.5 Å². The van der Waals surface area contributed by atoms with E-state index in [0.29, 0.717) is 0 Å². The lowest BCUT2D eigenvalue weighted by atomic mass is 10.1. The molecule has 1 aromatic rings. The molecule has 0 aliphatic carbocycles. The van der Waals surface area contributed by atoms with Gasteiger partial charge in [0, 0.05) is 18.3 Å². The van der Waals surface area contributed by atoms with E-state index >= 15 is 0 Å². The number of hydrogen-bond donors (Lipinski definition) is 1. The van der Waals surface area contributed by atoms with Crippen molar-refractivity contribution in [2.75, 3.05) is 5.32 Å².